The number of nitrogens with one attached hydrogen (secondary N) is 1. The lowest BCUT2D eigenvalue weighted by atomic mass is 9.93. The highest BCUT2D eigenvalue weighted by Gasteiger charge is 2.32. The van der Waals surface area contributed by atoms with Crippen LogP contribution in [-0.2, 0) is 12.1 Å². The zero-order chi connectivity index (χ0) is 22.5. The van der Waals surface area contributed by atoms with E-state index in [-0.39, 0.29) is 12.3 Å². The number of ketones is 1. The summed E-state index contributed by atoms with van der Waals surface area (Å²) in [4.78, 5) is 21.6. The van der Waals surface area contributed by atoms with Crippen LogP contribution in [0.3, 0.4) is 0 Å². The number of aromatic nitrogens is 1. The molecule has 1 aromatic carbocycles. The number of methoxy groups -OCH3 is 1. The number of pyridine rings is 1. The Labute approximate surface area is 183 Å². The fourth-order valence-corrected chi connectivity index (χ4v) is 4.05. The number of benzene rings is 1. The monoisotopic (exact) mass is 422 g/mol. The zero-order valence-corrected chi connectivity index (χ0v) is 18.8. The number of Topliss-reactive ketones (excluding diaryl/α,β-unsaturated/α-hetero) is 1. The minimum absolute atomic E-state index is 0.0818. The fraction of sp³-hybridized carbons (Fsp3) is 0.458. The Balaban J connectivity index is 1.61. The summed E-state index contributed by atoms with van der Waals surface area (Å²) in [6.45, 7) is 3.94. The third-order valence-corrected chi connectivity index (χ3v) is 5.97. The molecule has 2 aromatic rings. The van der Waals surface area contributed by atoms with Crippen molar-refractivity contribution < 1.29 is 14.6 Å². The van der Waals surface area contributed by atoms with Crippen LogP contribution in [-0.4, -0.2) is 54.4 Å². The maximum atomic E-state index is 13.2. The summed E-state index contributed by atoms with van der Waals surface area (Å²) in [5, 5.41) is 19.2. The van der Waals surface area contributed by atoms with Gasteiger partial charge in [-0.1, -0.05) is 6.07 Å². The van der Waals surface area contributed by atoms with Crippen molar-refractivity contribution in [2.24, 2.45) is 0 Å². The van der Waals surface area contributed by atoms with E-state index in [2.05, 4.69) is 6.07 Å². The molecule has 7 heteroatoms. The molecule has 0 unspecified atom stereocenters. The average molecular weight is 423 g/mol. The molecule has 0 saturated heterocycles. The third kappa shape index (κ3) is 4.02. The second-order valence-corrected chi connectivity index (χ2v) is 9.18. The van der Waals surface area contributed by atoms with Crippen LogP contribution in [0.1, 0.15) is 65.5 Å². The highest BCUT2D eigenvalue weighted by atomic mass is 16.5. The quantitative estimate of drug-likeness (QED) is 0.666. The highest BCUT2D eigenvalue weighted by molar-refractivity contribution is 6.05. The van der Waals surface area contributed by atoms with Gasteiger partial charge in [0.1, 0.15) is 17.3 Å². The van der Waals surface area contributed by atoms with Gasteiger partial charge in [-0.25, -0.2) is 4.98 Å². The van der Waals surface area contributed by atoms with E-state index in [1.807, 2.05) is 25.1 Å². The Morgan fingerprint density at radius 2 is 2.03 bits per heavy atom. The zero-order valence-electron chi connectivity index (χ0n) is 18.8. The van der Waals surface area contributed by atoms with Crippen LogP contribution in [0, 0.1) is 5.41 Å². The molecule has 31 heavy (non-hydrogen) atoms. The van der Waals surface area contributed by atoms with E-state index in [1.165, 1.54) is 0 Å². The van der Waals surface area contributed by atoms with Crippen molar-refractivity contribution in [2.75, 3.05) is 32.6 Å². The van der Waals surface area contributed by atoms with E-state index in [4.69, 9.17) is 15.1 Å². The van der Waals surface area contributed by atoms with Gasteiger partial charge in [0.25, 0.3) is 0 Å². The Morgan fingerprint density at radius 3 is 2.61 bits per heavy atom. The molecule has 1 aliphatic carbocycles. The normalized spacial score (nSPS) is 15.8. The SMILES string of the molecule is COc1c(N(C)C)cc(C(=O)CN2Cc3ccc(C4CC4)nc3C2=N)cc1C(C)(C)O. The van der Waals surface area contributed by atoms with E-state index in [0.29, 0.717) is 40.9 Å². The van der Waals surface area contributed by atoms with E-state index < -0.39 is 5.60 Å². The average Bonchev–Trinajstić information content (AvgIpc) is 3.52. The molecule has 2 aliphatic rings. The largest absolute Gasteiger partial charge is 0.494 e. The summed E-state index contributed by atoms with van der Waals surface area (Å²) < 4.78 is 5.56. The van der Waals surface area contributed by atoms with E-state index in [0.717, 1.165) is 29.8 Å². The first kappa shape index (κ1) is 21.3. The van der Waals surface area contributed by atoms with Crippen molar-refractivity contribution in [3.8, 4) is 5.75 Å². The third-order valence-electron chi connectivity index (χ3n) is 5.97. The van der Waals surface area contributed by atoms with E-state index in [9.17, 15) is 9.90 Å². The summed E-state index contributed by atoms with van der Waals surface area (Å²) >= 11 is 0. The molecule has 1 fully saturated rings. The molecule has 0 atom stereocenters. The second-order valence-electron chi connectivity index (χ2n) is 9.18. The maximum absolute atomic E-state index is 13.2. The summed E-state index contributed by atoms with van der Waals surface area (Å²) in [5.74, 6) is 1.26. The number of ether oxygens (including phenoxy) is 1. The topological polar surface area (TPSA) is 89.8 Å². The number of aliphatic hydroxyl groups is 1. The molecule has 1 saturated carbocycles. The molecule has 1 aliphatic heterocycles. The highest BCUT2D eigenvalue weighted by Crippen LogP contribution is 2.40. The number of fused-ring (bicyclic) bond motifs is 1. The Kier molecular flexibility index (Phi) is 5.25. The Hall–Kier alpha value is -2.93. The minimum atomic E-state index is -1.17. The number of nitrogens with zero attached hydrogens (tertiary/aromatic N) is 3. The van der Waals surface area contributed by atoms with Crippen LogP contribution in [0.4, 0.5) is 5.69 Å². The Morgan fingerprint density at radius 1 is 1.32 bits per heavy atom. The summed E-state index contributed by atoms with van der Waals surface area (Å²) in [7, 11) is 5.30. The molecule has 4 rings (SSSR count). The second kappa shape index (κ2) is 7.64. The number of rotatable bonds is 7. The number of carbonyl (C=O) groups excluding carboxylic acids is 1. The molecule has 2 N–H and O–H groups in total. The Bertz CT molecular complexity index is 1050. The number of hydrogen-bond donors (Lipinski definition) is 2. The van der Waals surface area contributed by atoms with Gasteiger partial charge in [-0.15, -0.1) is 0 Å². The molecule has 0 bridgehead atoms. The minimum Gasteiger partial charge on any atom is -0.494 e. The van der Waals surface area contributed by atoms with Gasteiger partial charge in [0, 0.05) is 48.9 Å². The smallest absolute Gasteiger partial charge is 0.182 e. The number of anilines is 1. The number of hydrogen-bond acceptors (Lipinski definition) is 6. The number of amidine groups is 1. The standard InChI is InChI=1S/C24H30N4O3/c1-24(2,30)17-10-16(11-19(27(3)4)22(17)31-5)20(29)13-28-12-15-8-9-18(14-6-7-14)26-21(15)23(28)25/h8-11,14,25,30H,6-7,12-13H2,1-5H3. The van der Waals surface area contributed by atoms with Gasteiger partial charge >= 0.3 is 0 Å². The lowest BCUT2D eigenvalue weighted by Crippen LogP contribution is -2.31. The lowest BCUT2D eigenvalue weighted by Gasteiger charge is -2.27. The van der Waals surface area contributed by atoms with Crippen LogP contribution >= 0.6 is 0 Å². The van der Waals surface area contributed by atoms with Crippen LogP contribution in [0.2, 0.25) is 0 Å². The summed E-state index contributed by atoms with van der Waals surface area (Å²) in [6, 6.07) is 7.58. The van der Waals surface area contributed by atoms with E-state index >= 15 is 0 Å². The molecule has 1 aromatic heterocycles. The van der Waals surface area contributed by atoms with Crippen molar-refractivity contribution in [3.63, 3.8) is 0 Å². The molecule has 2 heterocycles. The molecular weight excluding hydrogens is 392 g/mol. The summed E-state index contributed by atoms with van der Waals surface area (Å²) in [6.07, 6.45) is 2.33. The molecular formula is C24H30N4O3. The van der Waals surface area contributed by atoms with Gasteiger partial charge in [0.05, 0.1) is 24.9 Å². The van der Waals surface area contributed by atoms with Gasteiger partial charge in [-0.2, -0.15) is 0 Å². The molecule has 0 radical (unpaired) electrons. The van der Waals surface area contributed by atoms with Gasteiger partial charge in [-0.3, -0.25) is 10.2 Å². The van der Waals surface area contributed by atoms with Crippen molar-refractivity contribution >= 4 is 17.3 Å². The first-order valence-corrected chi connectivity index (χ1v) is 10.6. The van der Waals surface area contributed by atoms with Gasteiger partial charge in [-0.05, 0) is 44.9 Å². The maximum Gasteiger partial charge on any atom is 0.182 e. The van der Waals surface area contributed by atoms with Crippen LogP contribution < -0.4 is 9.64 Å². The predicted molar refractivity (Wildman–Crippen MR) is 120 cm³/mol. The molecule has 0 spiro atoms. The summed E-state index contributed by atoms with van der Waals surface area (Å²) in [5.41, 5.74) is 3.32. The first-order valence-electron chi connectivity index (χ1n) is 10.6. The lowest BCUT2D eigenvalue weighted by molar-refractivity contribution is 0.0756. The van der Waals surface area contributed by atoms with Gasteiger partial charge in [0.2, 0.25) is 0 Å². The van der Waals surface area contributed by atoms with Crippen LogP contribution in [0.5, 0.6) is 5.75 Å². The van der Waals surface area contributed by atoms with Crippen LogP contribution in [0.15, 0.2) is 24.3 Å². The first-order chi connectivity index (χ1) is 14.6. The van der Waals surface area contributed by atoms with Gasteiger partial charge in [0.15, 0.2) is 5.78 Å². The van der Waals surface area contributed by atoms with Crippen molar-refractivity contribution in [3.05, 3.63) is 52.3 Å². The van der Waals surface area contributed by atoms with Gasteiger partial charge < -0.3 is 19.6 Å². The van der Waals surface area contributed by atoms with Crippen LogP contribution in [0.25, 0.3) is 0 Å². The fourth-order valence-electron chi connectivity index (χ4n) is 4.05. The molecule has 7 nitrogen and oxygen atoms in total. The van der Waals surface area contributed by atoms with Crippen molar-refractivity contribution in [2.45, 2.75) is 44.8 Å². The van der Waals surface area contributed by atoms with E-state index in [1.54, 1.807) is 38.0 Å². The predicted octanol–water partition coefficient (Wildman–Crippen LogP) is 3.28. The molecule has 0 amide bonds. The molecule has 164 valence electrons. The van der Waals surface area contributed by atoms with Crippen molar-refractivity contribution in [1.82, 2.24) is 9.88 Å². The van der Waals surface area contributed by atoms with Crippen molar-refractivity contribution in [1.29, 1.82) is 5.41 Å². The number of carbonyl (C=O) groups is 1.